The van der Waals surface area contributed by atoms with E-state index in [1.54, 1.807) is 11.3 Å². The average molecular weight is 289 g/mol. The minimum Gasteiger partial charge on any atom is -0.371 e. The molecule has 20 heavy (non-hydrogen) atoms. The molecule has 0 bridgehead atoms. The highest BCUT2D eigenvalue weighted by molar-refractivity contribution is 7.09. The van der Waals surface area contributed by atoms with Gasteiger partial charge in [-0.15, -0.1) is 11.3 Å². The lowest BCUT2D eigenvalue weighted by Crippen LogP contribution is -2.43. The molecule has 0 radical (unpaired) electrons. The Bertz CT molecular complexity index is 584. The molecule has 2 heterocycles. The Morgan fingerprint density at radius 1 is 1.50 bits per heavy atom. The zero-order chi connectivity index (χ0) is 13.9. The Hall–Kier alpha value is -1.27. The number of nitrogens with one attached hydrogen (secondary N) is 1. The lowest BCUT2D eigenvalue weighted by atomic mass is 9.91. The van der Waals surface area contributed by atoms with Gasteiger partial charge in [-0.3, -0.25) is 11.3 Å². The van der Waals surface area contributed by atoms with E-state index in [4.69, 9.17) is 10.6 Å². The van der Waals surface area contributed by atoms with Crippen LogP contribution in [0.2, 0.25) is 0 Å². The molecule has 106 valence electrons. The summed E-state index contributed by atoms with van der Waals surface area (Å²) in [6.45, 7) is 2.77. The Labute approximate surface area is 123 Å². The molecule has 0 saturated heterocycles. The van der Waals surface area contributed by atoms with E-state index in [0.717, 1.165) is 30.2 Å². The molecule has 1 aliphatic heterocycles. The highest BCUT2D eigenvalue weighted by atomic mass is 32.1. The van der Waals surface area contributed by atoms with Gasteiger partial charge in [-0.2, -0.15) is 0 Å². The third-order valence-electron chi connectivity index (χ3n) is 3.71. The standard InChI is InChI=1S/C15H19N3OS/c1-10-17-12(9-20-10)8-14(18-16)15-13-5-3-2-4-11(13)6-7-19-15/h2-5,9,14-15,18H,6-8,16H2,1H3. The van der Waals surface area contributed by atoms with Crippen LogP contribution >= 0.6 is 11.3 Å². The topological polar surface area (TPSA) is 60.2 Å². The SMILES string of the molecule is Cc1nc(CC(NN)C2OCCc3ccccc32)cs1. The van der Waals surface area contributed by atoms with Crippen LogP contribution in [0.15, 0.2) is 29.6 Å². The number of rotatable bonds is 4. The third-order valence-corrected chi connectivity index (χ3v) is 4.53. The van der Waals surface area contributed by atoms with Gasteiger partial charge in [0.05, 0.1) is 29.5 Å². The summed E-state index contributed by atoms with van der Waals surface area (Å²) in [7, 11) is 0. The van der Waals surface area contributed by atoms with Crippen molar-refractivity contribution in [3.05, 3.63) is 51.5 Å². The first kappa shape index (κ1) is 13.7. The Morgan fingerprint density at radius 2 is 2.35 bits per heavy atom. The van der Waals surface area contributed by atoms with Crippen LogP contribution < -0.4 is 11.3 Å². The number of hydrogen-bond acceptors (Lipinski definition) is 5. The maximum atomic E-state index is 5.97. The number of hydrazine groups is 1. The van der Waals surface area contributed by atoms with Crippen molar-refractivity contribution in [2.45, 2.75) is 31.9 Å². The van der Waals surface area contributed by atoms with Gasteiger partial charge in [0.25, 0.3) is 0 Å². The maximum absolute atomic E-state index is 5.97. The molecule has 2 atom stereocenters. The summed E-state index contributed by atoms with van der Waals surface area (Å²) in [6.07, 6.45) is 1.74. The molecule has 3 N–H and O–H groups in total. The van der Waals surface area contributed by atoms with E-state index in [-0.39, 0.29) is 12.1 Å². The fourth-order valence-corrected chi connectivity index (χ4v) is 3.36. The van der Waals surface area contributed by atoms with Crippen LogP contribution in [0.1, 0.15) is 27.9 Å². The van der Waals surface area contributed by atoms with Gasteiger partial charge in [-0.1, -0.05) is 24.3 Å². The molecule has 2 aromatic rings. The van der Waals surface area contributed by atoms with Gasteiger partial charge in [0, 0.05) is 11.8 Å². The Kier molecular flexibility index (Phi) is 4.12. The first-order valence-corrected chi connectivity index (χ1v) is 7.72. The van der Waals surface area contributed by atoms with Crippen molar-refractivity contribution in [2.24, 2.45) is 5.84 Å². The van der Waals surface area contributed by atoms with Crippen molar-refractivity contribution in [1.29, 1.82) is 0 Å². The Morgan fingerprint density at radius 3 is 3.10 bits per heavy atom. The largest absolute Gasteiger partial charge is 0.371 e. The third kappa shape index (κ3) is 2.76. The van der Waals surface area contributed by atoms with Gasteiger partial charge in [-0.25, -0.2) is 4.98 Å². The molecule has 0 fully saturated rings. The number of nitrogens with zero attached hydrogens (tertiary/aromatic N) is 1. The van der Waals surface area contributed by atoms with Gasteiger partial charge in [0.2, 0.25) is 0 Å². The molecule has 0 aliphatic carbocycles. The number of nitrogens with two attached hydrogens (primary N) is 1. The lowest BCUT2D eigenvalue weighted by molar-refractivity contribution is 0.0152. The van der Waals surface area contributed by atoms with Crippen molar-refractivity contribution in [2.75, 3.05) is 6.61 Å². The summed E-state index contributed by atoms with van der Waals surface area (Å²) in [4.78, 5) is 4.52. The average Bonchev–Trinajstić information content (AvgIpc) is 2.89. The number of ether oxygens (including phenoxy) is 1. The molecular weight excluding hydrogens is 270 g/mol. The summed E-state index contributed by atoms with van der Waals surface area (Å²) >= 11 is 1.67. The number of aryl methyl sites for hydroxylation is 1. The van der Waals surface area contributed by atoms with E-state index in [0.29, 0.717) is 0 Å². The fourth-order valence-electron chi connectivity index (χ4n) is 2.74. The molecule has 0 saturated carbocycles. The predicted molar refractivity (Wildman–Crippen MR) is 80.5 cm³/mol. The van der Waals surface area contributed by atoms with Crippen LogP contribution in [0.5, 0.6) is 0 Å². The van der Waals surface area contributed by atoms with Crippen molar-refractivity contribution < 1.29 is 4.74 Å². The van der Waals surface area contributed by atoms with Crippen molar-refractivity contribution >= 4 is 11.3 Å². The van der Waals surface area contributed by atoms with Crippen molar-refractivity contribution in [1.82, 2.24) is 10.4 Å². The molecule has 4 nitrogen and oxygen atoms in total. The number of hydrogen-bond donors (Lipinski definition) is 2. The first-order chi connectivity index (χ1) is 9.78. The summed E-state index contributed by atoms with van der Waals surface area (Å²) in [5, 5.41) is 3.18. The lowest BCUT2D eigenvalue weighted by Gasteiger charge is -2.31. The Balaban J connectivity index is 1.83. The normalized spacial score (nSPS) is 19.6. The summed E-state index contributed by atoms with van der Waals surface area (Å²) in [5.41, 5.74) is 6.59. The monoisotopic (exact) mass is 289 g/mol. The number of aromatic nitrogens is 1. The quantitative estimate of drug-likeness (QED) is 0.669. The molecule has 1 aromatic carbocycles. The van der Waals surface area contributed by atoms with E-state index < -0.39 is 0 Å². The van der Waals surface area contributed by atoms with Gasteiger partial charge < -0.3 is 4.74 Å². The van der Waals surface area contributed by atoms with Crippen molar-refractivity contribution in [3.8, 4) is 0 Å². The minimum absolute atomic E-state index is 0.00745. The number of benzene rings is 1. The van der Waals surface area contributed by atoms with Crippen LogP contribution in [0.25, 0.3) is 0 Å². The maximum Gasteiger partial charge on any atom is 0.0997 e. The first-order valence-electron chi connectivity index (χ1n) is 6.84. The number of thiazole rings is 1. The summed E-state index contributed by atoms with van der Waals surface area (Å²) in [6, 6.07) is 8.48. The second kappa shape index (κ2) is 6.01. The molecule has 5 heteroatoms. The smallest absolute Gasteiger partial charge is 0.0997 e. The molecule has 0 amide bonds. The van der Waals surface area contributed by atoms with Crippen LogP contribution in [0, 0.1) is 6.92 Å². The zero-order valence-corrected chi connectivity index (χ0v) is 12.3. The molecular formula is C15H19N3OS. The van der Waals surface area contributed by atoms with Crippen LogP contribution in [0.3, 0.4) is 0 Å². The van der Waals surface area contributed by atoms with Gasteiger partial charge in [0.1, 0.15) is 0 Å². The molecule has 1 aromatic heterocycles. The molecule has 1 aliphatic rings. The van der Waals surface area contributed by atoms with Crippen LogP contribution in [-0.2, 0) is 17.6 Å². The van der Waals surface area contributed by atoms with Gasteiger partial charge in [-0.05, 0) is 24.5 Å². The molecule has 3 rings (SSSR count). The second-order valence-electron chi connectivity index (χ2n) is 5.08. The van der Waals surface area contributed by atoms with E-state index >= 15 is 0 Å². The van der Waals surface area contributed by atoms with Gasteiger partial charge >= 0.3 is 0 Å². The summed E-state index contributed by atoms with van der Waals surface area (Å²) in [5.74, 6) is 5.76. The van der Waals surface area contributed by atoms with E-state index in [1.165, 1.54) is 11.1 Å². The second-order valence-corrected chi connectivity index (χ2v) is 6.14. The van der Waals surface area contributed by atoms with E-state index in [2.05, 4.69) is 40.1 Å². The number of fused-ring (bicyclic) bond motifs is 1. The van der Waals surface area contributed by atoms with Gasteiger partial charge in [0.15, 0.2) is 0 Å². The summed E-state index contributed by atoms with van der Waals surface area (Å²) < 4.78 is 5.97. The van der Waals surface area contributed by atoms with Crippen molar-refractivity contribution in [3.63, 3.8) is 0 Å². The fraction of sp³-hybridized carbons (Fsp3) is 0.400. The minimum atomic E-state index is -0.00745. The van der Waals surface area contributed by atoms with Crippen LogP contribution in [-0.4, -0.2) is 17.6 Å². The van der Waals surface area contributed by atoms with Crippen LogP contribution in [0.4, 0.5) is 0 Å². The highest BCUT2D eigenvalue weighted by Crippen LogP contribution is 2.30. The van der Waals surface area contributed by atoms with E-state index in [9.17, 15) is 0 Å². The zero-order valence-electron chi connectivity index (χ0n) is 11.5. The molecule has 2 unspecified atom stereocenters. The highest BCUT2D eigenvalue weighted by Gasteiger charge is 2.28. The predicted octanol–water partition coefficient (Wildman–Crippen LogP) is 2.14. The van der Waals surface area contributed by atoms with E-state index in [1.807, 2.05) is 6.92 Å². The molecule has 0 spiro atoms.